The van der Waals surface area contributed by atoms with Crippen molar-refractivity contribution >= 4 is 23.8 Å². The Morgan fingerprint density at radius 2 is 1.23 bits per heavy atom. The van der Waals surface area contributed by atoms with Crippen molar-refractivity contribution in [1.82, 2.24) is 30.2 Å². The molecule has 10 heteroatoms. The lowest BCUT2D eigenvalue weighted by Crippen LogP contribution is -2.51. The molecule has 0 aliphatic carbocycles. The molecule has 2 N–H and O–H groups in total. The lowest BCUT2D eigenvalue weighted by Gasteiger charge is -2.28. The zero-order chi connectivity index (χ0) is 20.3. The predicted molar refractivity (Wildman–Crippen MR) is 112 cm³/mol. The minimum absolute atomic E-state index is 0.694. The van der Waals surface area contributed by atoms with E-state index in [2.05, 4.69) is 30.6 Å². The Labute approximate surface area is 158 Å². The minimum Gasteiger partial charge on any atom is -0.354 e. The number of rotatable bonds is 3. The maximum atomic E-state index is 4.32. The molecule has 0 amide bonds. The van der Waals surface area contributed by atoms with Crippen molar-refractivity contribution in [2.75, 3.05) is 83.6 Å². The second-order valence-electron chi connectivity index (χ2n) is 5.99. The normalized spacial score (nSPS) is 13.5. The molecule has 0 unspecified atom stereocenters. The molecule has 0 aromatic heterocycles. The lowest BCUT2D eigenvalue weighted by atomic mass is 10.5. The van der Waals surface area contributed by atoms with E-state index < -0.39 is 0 Å². The summed E-state index contributed by atoms with van der Waals surface area (Å²) in [4.78, 5) is 24.9. The second kappa shape index (κ2) is 11.9. The molecule has 0 radical (unpaired) electrons. The summed E-state index contributed by atoms with van der Waals surface area (Å²) in [5.41, 5.74) is 0. The molecule has 0 aromatic rings. The van der Waals surface area contributed by atoms with Crippen molar-refractivity contribution in [2.24, 2.45) is 20.0 Å². The first-order valence-electron chi connectivity index (χ1n) is 8.40. The van der Waals surface area contributed by atoms with Crippen molar-refractivity contribution < 1.29 is 0 Å². The highest BCUT2D eigenvalue weighted by atomic mass is 15.4. The molecule has 0 atom stereocenters. The van der Waals surface area contributed by atoms with E-state index in [0.717, 1.165) is 30.4 Å². The second-order valence-corrected chi connectivity index (χ2v) is 5.99. The van der Waals surface area contributed by atoms with Gasteiger partial charge in [-0.2, -0.15) is 0 Å². The quantitative estimate of drug-likeness (QED) is 0.496. The van der Waals surface area contributed by atoms with Crippen LogP contribution in [0.15, 0.2) is 20.0 Å². The van der Waals surface area contributed by atoms with Crippen LogP contribution in [0.5, 0.6) is 0 Å². The maximum Gasteiger partial charge on any atom is 0.202 e. The van der Waals surface area contributed by atoms with Crippen molar-refractivity contribution in [3.05, 3.63) is 0 Å². The van der Waals surface area contributed by atoms with Gasteiger partial charge in [0.2, 0.25) is 5.96 Å². The van der Waals surface area contributed by atoms with E-state index >= 15 is 0 Å². The molecule has 10 nitrogen and oxygen atoms in total. The maximum absolute atomic E-state index is 4.32. The fourth-order valence-corrected chi connectivity index (χ4v) is 2.32. The van der Waals surface area contributed by atoms with Crippen LogP contribution in [0.1, 0.15) is 0 Å². The Bertz CT molecular complexity index is 533. The first kappa shape index (κ1) is 23.5. The average Bonchev–Trinajstić information content (AvgIpc) is 2.59. The highest BCUT2D eigenvalue weighted by Gasteiger charge is 2.14. The minimum atomic E-state index is 0.694. The molecule has 0 aromatic carbocycles. The average molecular weight is 369 g/mol. The van der Waals surface area contributed by atoms with Crippen molar-refractivity contribution in [1.29, 1.82) is 0 Å². The SMILES string of the molecule is C/N=C(/N/C(=N/C)N(C)CCN/C(=N\C)N(C)/C(=N/C)N(C)C)N(C)C. The number of nitrogens with one attached hydrogen (secondary N) is 2. The van der Waals surface area contributed by atoms with Crippen molar-refractivity contribution in [3.63, 3.8) is 0 Å². The van der Waals surface area contributed by atoms with Gasteiger partial charge in [-0.3, -0.25) is 30.2 Å². The van der Waals surface area contributed by atoms with Crippen LogP contribution in [0.4, 0.5) is 0 Å². The number of hydrogen-bond donors (Lipinski definition) is 2. The molecule has 0 aliphatic rings. The molecule has 0 saturated heterocycles. The third-order valence-corrected chi connectivity index (χ3v) is 3.59. The Kier molecular flexibility index (Phi) is 10.8. The van der Waals surface area contributed by atoms with Gasteiger partial charge in [0.15, 0.2) is 17.9 Å². The van der Waals surface area contributed by atoms with E-state index in [4.69, 9.17) is 0 Å². The summed E-state index contributed by atoms with van der Waals surface area (Å²) in [6.45, 7) is 1.43. The zero-order valence-electron chi connectivity index (χ0n) is 18.0. The van der Waals surface area contributed by atoms with Gasteiger partial charge in [0, 0.05) is 83.6 Å². The fourth-order valence-electron chi connectivity index (χ4n) is 2.32. The van der Waals surface area contributed by atoms with E-state index in [1.807, 2.05) is 61.9 Å². The van der Waals surface area contributed by atoms with Gasteiger partial charge < -0.3 is 20.0 Å². The van der Waals surface area contributed by atoms with Gasteiger partial charge in [0.05, 0.1) is 0 Å². The molecule has 26 heavy (non-hydrogen) atoms. The lowest BCUT2D eigenvalue weighted by molar-refractivity contribution is 0.476. The van der Waals surface area contributed by atoms with Crippen LogP contribution in [0.2, 0.25) is 0 Å². The van der Waals surface area contributed by atoms with E-state index in [1.54, 1.807) is 28.2 Å². The number of guanidine groups is 4. The topological polar surface area (TPSA) is 86.5 Å². The Morgan fingerprint density at radius 3 is 1.62 bits per heavy atom. The molecule has 150 valence electrons. The van der Waals surface area contributed by atoms with E-state index in [9.17, 15) is 0 Å². The monoisotopic (exact) mass is 368 g/mol. The third kappa shape index (κ3) is 7.16. The summed E-state index contributed by atoms with van der Waals surface area (Å²) in [7, 11) is 18.7. The fraction of sp³-hybridized carbons (Fsp3) is 0.750. The van der Waals surface area contributed by atoms with E-state index in [-0.39, 0.29) is 0 Å². The molecule has 0 saturated carbocycles. The van der Waals surface area contributed by atoms with Crippen molar-refractivity contribution in [3.8, 4) is 0 Å². The van der Waals surface area contributed by atoms with Crippen LogP contribution in [0.3, 0.4) is 0 Å². The highest BCUT2D eigenvalue weighted by Crippen LogP contribution is 1.94. The molecule has 0 spiro atoms. The molecular formula is C16H36N10. The Hall–Kier alpha value is -2.52. The number of likely N-dealkylation sites (N-methyl/N-ethyl adjacent to an activating group) is 1. The standard InChI is InChI=1S/C16H36N10/c1-17-13(26(10)16(20-4)24(7)8)21-11-12-25(9)15(19-3)22-14(18-2)23(5)6/h11-12H2,1-10H3,(H,17,21)(H,18,19,22)/b20-16+. The van der Waals surface area contributed by atoms with Crippen LogP contribution in [0.25, 0.3) is 0 Å². The molecule has 0 bridgehead atoms. The first-order valence-corrected chi connectivity index (χ1v) is 8.40. The van der Waals surface area contributed by atoms with Crippen molar-refractivity contribution in [2.45, 2.75) is 0 Å². The molecule has 0 rings (SSSR count). The Morgan fingerprint density at radius 1 is 0.692 bits per heavy atom. The zero-order valence-corrected chi connectivity index (χ0v) is 18.0. The van der Waals surface area contributed by atoms with Gasteiger partial charge in [0.25, 0.3) is 0 Å². The third-order valence-electron chi connectivity index (χ3n) is 3.59. The van der Waals surface area contributed by atoms with Gasteiger partial charge in [-0.05, 0) is 0 Å². The van der Waals surface area contributed by atoms with Crippen LogP contribution in [-0.2, 0) is 0 Å². The smallest absolute Gasteiger partial charge is 0.202 e. The number of nitrogens with zero attached hydrogens (tertiary/aromatic N) is 8. The summed E-state index contributed by atoms with van der Waals surface area (Å²) < 4.78 is 0. The summed E-state index contributed by atoms with van der Waals surface area (Å²) in [5, 5.41) is 6.57. The van der Waals surface area contributed by atoms with Gasteiger partial charge in [0.1, 0.15) is 0 Å². The van der Waals surface area contributed by atoms with Crippen LogP contribution < -0.4 is 10.6 Å². The predicted octanol–water partition coefficient (Wildman–Crippen LogP) is -0.904. The molecule has 0 aliphatic heterocycles. The van der Waals surface area contributed by atoms with Gasteiger partial charge in [-0.1, -0.05) is 0 Å². The van der Waals surface area contributed by atoms with Gasteiger partial charge >= 0.3 is 0 Å². The van der Waals surface area contributed by atoms with Crippen LogP contribution in [0, 0.1) is 0 Å². The molecule has 0 heterocycles. The molecular weight excluding hydrogens is 332 g/mol. The van der Waals surface area contributed by atoms with E-state index in [1.165, 1.54) is 0 Å². The Balaban J connectivity index is 4.77. The first-order chi connectivity index (χ1) is 12.2. The number of hydrogen-bond acceptors (Lipinski definition) is 4. The highest BCUT2D eigenvalue weighted by molar-refractivity contribution is 5.99. The summed E-state index contributed by atoms with van der Waals surface area (Å²) >= 11 is 0. The van der Waals surface area contributed by atoms with E-state index in [0.29, 0.717) is 6.54 Å². The molecule has 0 fully saturated rings. The summed E-state index contributed by atoms with van der Waals surface area (Å²) in [5.74, 6) is 3.06. The summed E-state index contributed by atoms with van der Waals surface area (Å²) in [6.07, 6.45) is 0. The largest absolute Gasteiger partial charge is 0.354 e. The van der Waals surface area contributed by atoms with Gasteiger partial charge in [-0.15, -0.1) is 0 Å². The summed E-state index contributed by atoms with van der Waals surface area (Å²) in [6, 6.07) is 0. The van der Waals surface area contributed by atoms with Gasteiger partial charge in [-0.25, -0.2) is 0 Å². The number of aliphatic imine (C=N–C) groups is 4. The van der Waals surface area contributed by atoms with Crippen LogP contribution in [-0.4, -0.2) is 127 Å². The van der Waals surface area contributed by atoms with Crippen LogP contribution >= 0.6 is 0 Å².